The molecule has 2 aliphatic carbocycles. The fourth-order valence-electron chi connectivity index (χ4n) is 6.58. The Morgan fingerprint density at radius 3 is 2.52 bits per heavy atom. The Kier molecular flexibility index (Phi) is 6.38. The number of benzene rings is 1. The smallest absolute Gasteiger partial charge is 0.245 e. The minimum absolute atomic E-state index is 0.0315. The van der Waals surface area contributed by atoms with Gasteiger partial charge in [-0.15, -0.1) is 0 Å². The number of rotatable bonds is 8. The van der Waals surface area contributed by atoms with Gasteiger partial charge in [0, 0.05) is 36.3 Å². The predicted molar refractivity (Wildman–Crippen MR) is 160 cm³/mol. The summed E-state index contributed by atoms with van der Waals surface area (Å²) in [6.07, 6.45) is 7.52. The van der Waals surface area contributed by atoms with Gasteiger partial charge in [-0.1, -0.05) is 19.1 Å². The van der Waals surface area contributed by atoms with Crippen LogP contribution in [0.4, 0.5) is 0 Å². The molecule has 0 spiro atoms. The number of carbonyl (C=O) groups is 3. The van der Waals surface area contributed by atoms with Crippen molar-refractivity contribution in [2.75, 3.05) is 0 Å². The van der Waals surface area contributed by atoms with Gasteiger partial charge in [-0.05, 0) is 89.2 Å². The summed E-state index contributed by atoms with van der Waals surface area (Å²) in [5, 5.41) is 5.25. The second-order valence-corrected chi connectivity index (χ2v) is 13.1. The van der Waals surface area contributed by atoms with Gasteiger partial charge < -0.3 is 4.90 Å². The lowest BCUT2D eigenvalue weighted by Gasteiger charge is -2.27. The van der Waals surface area contributed by atoms with Crippen molar-refractivity contribution >= 4 is 44.3 Å². The summed E-state index contributed by atoms with van der Waals surface area (Å²) in [7, 11) is 0. The number of hydrogen-bond donors (Lipinski definition) is 0. The number of carbonyl (C=O) groups excluding carboxylic acids is 3. The number of aryl methyl sites for hydroxylation is 1. The zero-order chi connectivity index (χ0) is 29.3. The molecular weight excluding hydrogens is 596 g/mol. The van der Waals surface area contributed by atoms with Gasteiger partial charge in [-0.2, -0.15) is 5.10 Å². The van der Waals surface area contributed by atoms with Crippen LogP contribution in [0.1, 0.15) is 73.0 Å². The highest BCUT2D eigenvalue weighted by molar-refractivity contribution is 9.10. The van der Waals surface area contributed by atoms with Crippen molar-refractivity contribution in [3.63, 3.8) is 0 Å². The van der Waals surface area contributed by atoms with Crippen molar-refractivity contribution in [2.24, 2.45) is 5.41 Å². The number of Topliss-reactive ketones (excluding diaryl/α,β-unsaturated/α-hetero) is 2. The Balaban J connectivity index is 1.17. The monoisotopic (exact) mass is 626 g/mol. The van der Waals surface area contributed by atoms with E-state index in [0.29, 0.717) is 39.4 Å². The molecule has 3 aliphatic rings. The number of fused-ring (bicyclic) bond motifs is 2. The van der Waals surface area contributed by atoms with Gasteiger partial charge in [-0.25, -0.2) is 15.0 Å². The first-order valence-corrected chi connectivity index (χ1v) is 15.2. The molecule has 9 nitrogen and oxygen atoms in total. The number of piperidine rings is 1. The average Bonchev–Trinajstić information content (AvgIpc) is 3.85. The largest absolute Gasteiger partial charge is 0.327 e. The molecule has 0 unspecified atom stereocenters. The van der Waals surface area contributed by atoms with Gasteiger partial charge in [0.05, 0.1) is 23.7 Å². The second-order valence-electron chi connectivity index (χ2n) is 12.3. The van der Waals surface area contributed by atoms with Crippen molar-refractivity contribution in [2.45, 2.75) is 77.4 Å². The third-order valence-corrected chi connectivity index (χ3v) is 9.55. The lowest BCUT2D eigenvalue weighted by molar-refractivity contribution is -0.139. The van der Waals surface area contributed by atoms with Crippen LogP contribution in [-0.4, -0.2) is 59.2 Å². The van der Waals surface area contributed by atoms with Crippen molar-refractivity contribution in [3.8, 4) is 11.1 Å². The lowest BCUT2D eigenvalue weighted by Crippen LogP contribution is -2.45. The third-order valence-electron chi connectivity index (χ3n) is 9.11. The average molecular weight is 628 g/mol. The van der Waals surface area contributed by atoms with Gasteiger partial charge in [-0.3, -0.25) is 19.1 Å². The third kappa shape index (κ3) is 4.75. The molecule has 2 saturated carbocycles. The summed E-state index contributed by atoms with van der Waals surface area (Å²) in [4.78, 5) is 55.3. The molecule has 0 N–H and O–H groups in total. The molecule has 3 fully saturated rings. The van der Waals surface area contributed by atoms with Crippen LogP contribution in [0.15, 0.2) is 47.3 Å². The van der Waals surface area contributed by atoms with E-state index in [1.165, 1.54) is 6.92 Å². The summed E-state index contributed by atoms with van der Waals surface area (Å²) in [5.74, 6) is 0.852. The van der Waals surface area contributed by atoms with E-state index in [1.807, 2.05) is 31.2 Å². The van der Waals surface area contributed by atoms with Gasteiger partial charge >= 0.3 is 0 Å². The molecular formula is C32H31BrN6O3. The van der Waals surface area contributed by atoms with Crippen LogP contribution in [0, 0.1) is 12.3 Å². The topological polar surface area (TPSA) is 111 Å². The van der Waals surface area contributed by atoms with E-state index in [9.17, 15) is 14.4 Å². The van der Waals surface area contributed by atoms with E-state index in [0.717, 1.165) is 41.6 Å². The number of hydrogen-bond acceptors (Lipinski definition) is 7. The SMILES string of the molecule is CC(=O)c1nn(CC(=O)N2[C@H](C(=O)Cc3nc(Br)ccc3C3CC3)C[C@@]3(C)C[C@@H]23)c2ccc(-c3cnc(C)nc3)cc12. The Labute approximate surface area is 251 Å². The number of likely N-dealkylation sites (tertiary alicyclic amines) is 1. The van der Waals surface area contributed by atoms with E-state index in [2.05, 4.69) is 49.0 Å². The standard InChI is InChI=1S/C32H31BrN6O3/c1-17(40)31-23-10-20(21-14-34-18(2)35-15-21)6-8-25(23)38(37-31)16-30(42)39-26(12-32(3)13-28(32)39)27(41)11-24-22(19-4-5-19)7-9-29(33)36-24/h6-10,14-15,19,26,28H,4-5,11-13,16H2,1-3H3/t26-,28+,32-/m0/s1. The number of ketones is 2. The summed E-state index contributed by atoms with van der Waals surface area (Å²) in [6, 6.07) is 9.26. The minimum atomic E-state index is -0.490. The Morgan fingerprint density at radius 2 is 1.81 bits per heavy atom. The van der Waals surface area contributed by atoms with E-state index in [4.69, 9.17) is 0 Å². The van der Waals surface area contributed by atoms with Crippen LogP contribution < -0.4 is 0 Å². The Morgan fingerprint density at radius 1 is 1.05 bits per heavy atom. The van der Waals surface area contributed by atoms with Crippen molar-refractivity contribution in [1.29, 1.82) is 0 Å². The molecule has 3 atom stereocenters. The van der Waals surface area contributed by atoms with Gasteiger partial charge in [0.1, 0.15) is 22.7 Å². The number of pyridine rings is 1. The molecule has 0 bridgehead atoms. The first kappa shape index (κ1) is 27.1. The molecule has 1 aromatic carbocycles. The fraction of sp³-hybridized carbons (Fsp3) is 0.406. The molecule has 1 saturated heterocycles. The van der Waals surface area contributed by atoms with Crippen LogP contribution >= 0.6 is 15.9 Å². The van der Waals surface area contributed by atoms with Crippen molar-refractivity contribution < 1.29 is 14.4 Å². The first-order chi connectivity index (χ1) is 20.1. The number of aromatic nitrogens is 5. The molecule has 7 rings (SSSR count). The summed E-state index contributed by atoms with van der Waals surface area (Å²) >= 11 is 3.46. The molecule has 1 aliphatic heterocycles. The second kappa shape index (κ2) is 9.90. The molecule has 4 heterocycles. The molecule has 3 aromatic heterocycles. The van der Waals surface area contributed by atoms with Crippen LogP contribution in [-0.2, 0) is 22.6 Å². The normalized spacial score (nSPS) is 22.8. The fourth-order valence-corrected chi connectivity index (χ4v) is 6.92. The Hall–Kier alpha value is -3.79. The summed E-state index contributed by atoms with van der Waals surface area (Å²) in [5.41, 5.74) is 4.62. The maximum Gasteiger partial charge on any atom is 0.245 e. The van der Waals surface area contributed by atoms with E-state index in [-0.39, 0.29) is 41.9 Å². The number of nitrogens with zero attached hydrogens (tertiary/aromatic N) is 6. The highest BCUT2D eigenvalue weighted by Crippen LogP contribution is 2.59. The van der Waals surface area contributed by atoms with Gasteiger partial charge in [0.15, 0.2) is 11.6 Å². The highest BCUT2D eigenvalue weighted by atomic mass is 79.9. The maximum atomic E-state index is 13.9. The molecule has 1 amide bonds. The van der Waals surface area contributed by atoms with Crippen LogP contribution in [0.2, 0.25) is 0 Å². The molecule has 214 valence electrons. The van der Waals surface area contributed by atoms with Gasteiger partial charge in [0.2, 0.25) is 5.91 Å². The van der Waals surface area contributed by atoms with Crippen LogP contribution in [0.5, 0.6) is 0 Å². The van der Waals surface area contributed by atoms with E-state index in [1.54, 1.807) is 22.0 Å². The van der Waals surface area contributed by atoms with E-state index >= 15 is 0 Å². The van der Waals surface area contributed by atoms with Crippen LogP contribution in [0.3, 0.4) is 0 Å². The summed E-state index contributed by atoms with van der Waals surface area (Å²) in [6.45, 7) is 5.42. The Bertz CT molecular complexity index is 1780. The zero-order valence-electron chi connectivity index (χ0n) is 23.8. The van der Waals surface area contributed by atoms with E-state index < -0.39 is 6.04 Å². The van der Waals surface area contributed by atoms with Gasteiger partial charge in [0.25, 0.3) is 0 Å². The van der Waals surface area contributed by atoms with Crippen molar-refractivity contribution in [1.82, 2.24) is 29.6 Å². The zero-order valence-corrected chi connectivity index (χ0v) is 25.4. The predicted octanol–water partition coefficient (Wildman–Crippen LogP) is 5.23. The quantitative estimate of drug-likeness (QED) is 0.194. The molecule has 4 aromatic rings. The number of amides is 1. The maximum absolute atomic E-state index is 13.9. The highest BCUT2D eigenvalue weighted by Gasteiger charge is 2.64. The molecule has 0 radical (unpaired) electrons. The van der Waals surface area contributed by atoms with Crippen molar-refractivity contribution in [3.05, 3.63) is 70.1 Å². The lowest BCUT2D eigenvalue weighted by atomic mass is 9.95. The summed E-state index contributed by atoms with van der Waals surface area (Å²) < 4.78 is 2.32. The molecule has 42 heavy (non-hydrogen) atoms. The first-order valence-electron chi connectivity index (χ1n) is 14.4. The number of halogens is 1. The van der Waals surface area contributed by atoms with Crippen LogP contribution in [0.25, 0.3) is 22.0 Å². The molecule has 10 heteroatoms. The minimum Gasteiger partial charge on any atom is -0.327 e.